The number of aliphatic hydroxyl groups excluding tert-OH is 1. The van der Waals surface area contributed by atoms with Gasteiger partial charge < -0.3 is 5.11 Å². The van der Waals surface area contributed by atoms with E-state index in [0.29, 0.717) is 5.92 Å². The number of benzene rings is 1. The van der Waals surface area contributed by atoms with E-state index in [1.807, 2.05) is 12.1 Å². The standard InChI is InChI=1S/C11H13BrO/c12-9-4-1-3-8(7-9)10-5-2-6-11(10)13/h1,3-4,7,10-11,13H,2,5-6H2/t10?,11-/m1/s1. The molecule has 0 radical (unpaired) electrons. The molecular weight excluding hydrogens is 228 g/mol. The summed E-state index contributed by atoms with van der Waals surface area (Å²) >= 11 is 3.45. The molecule has 70 valence electrons. The summed E-state index contributed by atoms with van der Waals surface area (Å²) in [4.78, 5) is 0. The lowest BCUT2D eigenvalue weighted by molar-refractivity contribution is 0.164. The van der Waals surface area contributed by atoms with Gasteiger partial charge in [-0.3, -0.25) is 0 Å². The lowest BCUT2D eigenvalue weighted by Gasteiger charge is -2.14. The van der Waals surface area contributed by atoms with Crippen molar-refractivity contribution < 1.29 is 5.11 Å². The second kappa shape index (κ2) is 3.81. The summed E-state index contributed by atoms with van der Waals surface area (Å²) in [6.45, 7) is 0. The minimum atomic E-state index is -0.130. The normalized spacial score (nSPS) is 27.8. The maximum absolute atomic E-state index is 9.72. The first-order valence-electron chi connectivity index (χ1n) is 4.71. The van der Waals surface area contributed by atoms with Crippen LogP contribution in [0.4, 0.5) is 0 Å². The molecule has 0 amide bonds. The van der Waals surface area contributed by atoms with Crippen molar-refractivity contribution in [3.05, 3.63) is 34.3 Å². The zero-order valence-corrected chi connectivity index (χ0v) is 9.00. The van der Waals surface area contributed by atoms with Gasteiger partial charge in [-0.1, -0.05) is 34.5 Å². The van der Waals surface area contributed by atoms with Gasteiger partial charge >= 0.3 is 0 Å². The predicted octanol–water partition coefficient (Wildman–Crippen LogP) is 3.08. The Morgan fingerprint density at radius 2 is 2.15 bits per heavy atom. The van der Waals surface area contributed by atoms with Crippen molar-refractivity contribution in [2.75, 3.05) is 0 Å². The van der Waals surface area contributed by atoms with E-state index in [0.717, 1.165) is 23.7 Å². The second-order valence-corrected chi connectivity index (χ2v) is 4.58. The largest absolute Gasteiger partial charge is 0.392 e. The monoisotopic (exact) mass is 240 g/mol. The van der Waals surface area contributed by atoms with Crippen LogP contribution in [0.3, 0.4) is 0 Å². The third-order valence-electron chi connectivity index (χ3n) is 2.76. The van der Waals surface area contributed by atoms with Crippen molar-refractivity contribution in [1.82, 2.24) is 0 Å². The van der Waals surface area contributed by atoms with Gasteiger partial charge in [0.15, 0.2) is 0 Å². The first-order chi connectivity index (χ1) is 6.27. The van der Waals surface area contributed by atoms with E-state index in [9.17, 15) is 5.11 Å². The molecule has 1 nitrogen and oxygen atoms in total. The van der Waals surface area contributed by atoms with Crippen LogP contribution in [-0.4, -0.2) is 11.2 Å². The lowest BCUT2D eigenvalue weighted by atomic mass is 9.96. The zero-order valence-electron chi connectivity index (χ0n) is 7.41. The van der Waals surface area contributed by atoms with Crippen LogP contribution in [0.25, 0.3) is 0 Å². The SMILES string of the molecule is O[C@@H]1CCCC1c1cccc(Br)c1. The van der Waals surface area contributed by atoms with Crippen LogP contribution < -0.4 is 0 Å². The van der Waals surface area contributed by atoms with Crippen LogP contribution in [0.5, 0.6) is 0 Å². The van der Waals surface area contributed by atoms with Crippen LogP contribution in [0.1, 0.15) is 30.7 Å². The van der Waals surface area contributed by atoms with Gasteiger partial charge in [0.25, 0.3) is 0 Å². The molecule has 1 aliphatic carbocycles. The molecule has 1 aromatic carbocycles. The summed E-state index contributed by atoms with van der Waals surface area (Å²) in [6, 6.07) is 8.26. The van der Waals surface area contributed by atoms with E-state index < -0.39 is 0 Å². The fourth-order valence-electron chi connectivity index (χ4n) is 2.07. The van der Waals surface area contributed by atoms with Gasteiger partial charge in [-0.25, -0.2) is 0 Å². The molecule has 1 fully saturated rings. The van der Waals surface area contributed by atoms with Gasteiger partial charge in [0.2, 0.25) is 0 Å². The van der Waals surface area contributed by atoms with E-state index >= 15 is 0 Å². The third kappa shape index (κ3) is 1.94. The number of rotatable bonds is 1. The highest BCUT2D eigenvalue weighted by molar-refractivity contribution is 9.10. The molecule has 0 spiro atoms. The summed E-state index contributed by atoms with van der Waals surface area (Å²) in [6.07, 6.45) is 3.10. The Hall–Kier alpha value is -0.340. The van der Waals surface area contributed by atoms with Crippen LogP contribution >= 0.6 is 15.9 Å². The molecule has 0 bridgehead atoms. The Morgan fingerprint density at radius 1 is 1.31 bits per heavy atom. The molecule has 0 heterocycles. The highest BCUT2D eigenvalue weighted by Gasteiger charge is 2.26. The first kappa shape index (κ1) is 9.22. The Kier molecular flexibility index (Phi) is 2.70. The summed E-state index contributed by atoms with van der Waals surface area (Å²) in [7, 11) is 0. The topological polar surface area (TPSA) is 20.2 Å². The number of halogens is 1. The summed E-state index contributed by atoms with van der Waals surface area (Å²) < 4.78 is 1.10. The number of hydrogen-bond donors (Lipinski definition) is 1. The number of aliphatic hydroxyl groups is 1. The minimum absolute atomic E-state index is 0.130. The molecule has 0 saturated heterocycles. The van der Waals surface area contributed by atoms with Crippen LogP contribution in [0, 0.1) is 0 Å². The van der Waals surface area contributed by atoms with Crippen molar-refractivity contribution in [3.8, 4) is 0 Å². The Balaban J connectivity index is 2.24. The average molecular weight is 241 g/mol. The molecule has 0 aliphatic heterocycles. The van der Waals surface area contributed by atoms with Gasteiger partial charge in [-0.2, -0.15) is 0 Å². The van der Waals surface area contributed by atoms with E-state index in [1.54, 1.807) is 0 Å². The molecule has 1 N–H and O–H groups in total. The first-order valence-corrected chi connectivity index (χ1v) is 5.50. The molecule has 1 saturated carbocycles. The van der Waals surface area contributed by atoms with Gasteiger partial charge in [0, 0.05) is 10.4 Å². The summed E-state index contributed by atoms with van der Waals surface area (Å²) in [5.74, 6) is 0.359. The molecule has 1 aliphatic rings. The molecule has 2 rings (SSSR count). The van der Waals surface area contributed by atoms with Gasteiger partial charge in [-0.15, -0.1) is 0 Å². The van der Waals surface area contributed by atoms with Crippen LogP contribution in [0.15, 0.2) is 28.7 Å². The van der Waals surface area contributed by atoms with Crippen LogP contribution in [0.2, 0.25) is 0 Å². The van der Waals surface area contributed by atoms with Crippen molar-refractivity contribution in [2.45, 2.75) is 31.3 Å². The molecule has 0 aromatic heterocycles. The summed E-state index contributed by atoms with van der Waals surface area (Å²) in [5.41, 5.74) is 1.26. The molecule has 2 atom stereocenters. The van der Waals surface area contributed by atoms with Crippen LogP contribution in [-0.2, 0) is 0 Å². The Morgan fingerprint density at radius 3 is 2.77 bits per heavy atom. The van der Waals surface area contributed by atoms with Gasteiger partial charge in [0.1, 0.15) is 0 Å². The third-order valence-corrected chi connectivity index (χ3v) is 3.25. The van der Waals surface area contributed by atoms with Crippen molar-refractivity contribution in [1.29, 1.82) is 0 Å². The molecule has 1 aromatic rings. The Bertz CT molecular complexity index is 298. The molecule has 2 heteroatoms. The second-order valence-electron chi connectivity index (χ2n) is 3.66. The molecule has 13 heavy (non-hydrogen) atoms. The fourth-order valence-corrected chi connectivity index (χ4v) is 2.48. The van der Waals surface area contributed by atoms with Gasteiger partial charge in [-0.05, 0) is 30.5 Å². The smallest absolute Gasteiger partial charge is 0.0608 e. The van der Waals surface area contributed by atoms with E-state index in [-0.39, 0.29) is 6.10 Å². The van der Waals surface area contributed by atoms with Crippen molar-refractivity contribution in [3.63, 3.8) is 0 Å². The summed E-state index contributed by atoms with van der Waals surface area (Å²) in [5, 5.41) is 9.72. The quantitative estimate of drug-likeness (QED) is 0.801. The fraction of sp³-hybridized carbons (Fsp3) is 0.455. The minimum Gasteiger partial charge on any atom is -0.392 e. The lowest BCUT2D eigenvalue weighted by Crippen LogP contribution is -2.10. The van der Waals surface area contributed by atoms with E-state index in [4.69, 9.17) is 0 Å². The highest BCUT2D eigenvalue weighted by atomic mass is 79.9. The molecular formula is C11H13BrO. The maximum atomic E-state index is 9.72. The van der Waals surface area contributed by atoms with Crippen molar-refractivity contribution >= 4 is 15.9 Å². The van der Waals surface area contributed by atoms with Crippen molar-refractivity contribution in [2.24, 2.45) is 0 Å². The number of hydrogen-bond acceptors (Lipinski definition) is 1. The maximum Gasteiger partial charge on any atom is 0.0608 e. The zero-order chi connectivity index (χ0) is 9.26. The molecule has 1 unspecified atom stereocenters. The van der Waals surface area contributed by atoms with E-state index in [2.05, 4.69) is 28.1 Å². The van der Waals surface area contributed by atoms with Gasteiger partial charge in [0.05, 0.1) is 6.10 Å². The van der Waals surface area contributed by atoms with E-state index in [1.165, 1.54) is 5.56 Å². The average Bonchev–Trinajstić information content (AvgIpc) is 2.51. The Labute approximate surface area is 86.9 Å². The predicted molar refractivity (Wildman–Crippen MR) is 56.7 cm³/mol. The highest BCUT2D eigenvalue weighted by Crippen LogP contribution is 2.35.